The SMILES string of the molecule is Cc1cc(Br)c(NC(=O)c2ccc(C)c(Br)c2)cc1Cl. The van der Waals surface area contributed by atoms with Crippen molar-refractivity contribution in [2.75, 3.05) is 5.32 Å². The fraction of sp³-hybridized carbons (Fsp3) is 0.133. The Balaban J connectivity index is 2.27. The zero-order chi connectivity index (χ0) is 14.9. The fourth-order valence-corrected chi connectivity index (χ4v) is 2.77. The summed E-state index contributed by atoms with van der Waals surface area (Å²) in [6.45, 7) is 3.89. The molecule has 0 aliphatic carbocycles. The second-order valence-electron chi connectivity index (χ2n) is 4.50. The number of aryl methyl sites for hydroxylation is 2. The van der Waals surface area contributed by atoms with Gasteiger partial charge in [-0.2, -0.15) is 0 Å². The standard InChI is InChI=1S/C15H12Br2ClNO/c1-8-3-4-10(6-11(8)16)15(20)19-14-7-13(18)9(2)5-12(14)17/h3-7H,1-2H3,(H,19,20). The smallest absolute Gasteiger partial charge is 0.255 e. The molecular weight excluding hydrogens is 405 g/mol. The van der Waals surface area contributed by atoms with Gasteiger partial charge in [0.25, 0.3) is 5.91 Å². The van der Waals surface area contributed by atoms with Gasteiger partial charge in [0, 0.05) is 19.5 Å². The van der Waals surface area contributed by atoms with Gasteiger partial charge in [-0.25, -0.2) is 0 Å². The highest BCUT2D eigenvalue weighted by molar-refractivity contribution is 9.10. The molecule has 2 nitrogen and oxygen atoms in total. The maximum atomic E-state index is 12.2. The third-order valence-electron chi connectivity index (χ3n) is 2.93. The van der Waals surface area contributed by atoms with Crippen LogP contribution in [0.25, 0.3) is 0 Å². The molecule has 0 aliphatic heterocycles. The van der Waals surface area contributed by atoms with Crippen LogP contribution < -0.4 is 5.32 Å². The molecule has 2 aromatic carbocycles. The van der Waals surface area contributed by atoms with Crippen molar-refractivity contribution in [2.45, 2.75) is 13.8 Å². The molecule has 0 radical (unpaired) electrons. The second kappa shape index (κ2) is 6.29. The summed E-state index contributed by atoms with van der Waals surface area (Å²) >= 11 is 12.9. The average molecular weight is 418 g/mol. The highest BCUT2D eigenvalue weighted by Gasteiger charge is 2.11. The Kier molecular flexibility index (Phi) is 4.89. The highest BCUT2D eigenvalue weighted by Crippen LogP contribution is 2.29. The van der Waals surface area contributed by atoms with Gasteiger partial charge in [-0.05, 0) is 65.2 Å². The number of benzene rings is 2. The van der Waals surface area contributed by atoms with Gasteiger partial charge in [0.15, 0.2) is 0 Å². The van der Waals surface area contributed by atoms with E-state index in [-0.39, 0.29) is 5.91 Å². The molecule has 2 rings (SSSR count). The summed E-state index contributed by atoms with van der Waals surface area (Å²) in [6.07, 6.45) is 0. The number of rotatable bonds is 2. The monoisotopic (exact) mass is 415 g/mol. The summed E-state index contributed by atoms with van der Waals surface area (Å²) < 4.78 is 1.71. The molecule has 0 unspecified atom stereocenters. The number of nitrogens with one attached hydrogen (secondary N) is 1. The van der Waals surface area contributed by atoms with Crippen LogP contribution in [0.4, 0.5) is 5.69 Å². The van der Waals surface area contributed by atoms with E-state index in [1.165, 1.54) is 0 Å². The molecular formula is C15H12Br2ClNO. The van der Waals surface area contributed by atoms with Crippen LogP contribution in [0.3, 0.4) is 0 Å². The summed E-state index contributed by atoms with van der Waals surface area (Å²) in [7, 11) is 0. The Labute approximate surface area is 139 Å². The van der Waals surface area contributed by atoms with Gasteiger partial charge in [-0.1, -0.05) is 33.6 Å². The number of carbonyl (C=O) groups excluding carboxylic acids is 1. The predicted octanol–water partition coefficient (Wildman–Crippen LogP) is 5.73. The Morgan fingerprint density at radius 3 is 2.40 bits per heavy atom. The zero-order valence-electron chi connectivity index (χ0n) is 10.9. The highest BCUT2D eigenvalue weighted by atomic mass is 79.9. The lowest BCUT2D eigenvalue weighted by Gasteiger charge is -2.10. The van der Waals surface area contributed by atoms with E-state index in [0.29, 0.717) is 16.3 Å². The van der Waals surface area contributed by atoms with Crippen LogP contribution in [0.2, 0.25) is 5.02 Å². The van der Waals surface area contributed by atoms with Crippen LogP contribution in [0.5, 0.6) is 0 Å². The molecule has 0 saturated carbocycles. The van der Waals surface area contributed by atoms with Crippen molar-refractivity contribution in [3.8, 4) is 0 Å². The first-order chi connectivity index (χ1) is 9.38. The van der Waals surface area contributed by atoms with Crippen molar-refractivity contribution < 1.29 is 4.79 Å². The van der Waals surface area contributed by atoms with E-state index >= 15 is 0 Å². The minimum atomic E-state index is -0.175. The summed E-state index contributed by atoms with van der Waals surface area (Å²) in [5, 5.41) is 3.47. The van der Waals surface area contributed by atoms with E-state index < -0.39 is 0 Å². The predicted molar refractivity (Wildman–Crippen MR) is 90.7 cm³/mol. The molecule has 1 amide bonds. The first kappa shape index (κ1) is 15.5. The van der Waals surface area contributed by atoms with E-state index in [1.807, 2.05) is 26.0 Å². The molecule has 0 fully saturated rings. The zero-order valence-corrected chi connectivity index (χ0v) is 14.9. The number of carbonyl (C=O) groups is 1. The van der Waals surface area contributed by atoms with Gasteiger partial charge in [-0.3, -0.25) is 4.79 Å². The molecule has 20 heavy (non-hydrogen) atoms. The number of hydrogen-bond acceptors (Lipinski definition) is 1. The van der Waals surface area contributed by atoms with Gasteiger partial charge >= 0.3 is 0 Å². The van der Waals surface area contributed by atoms with Crippen molar-refractivity contribution in [1.29, 1.82) is 0 Å². The van der Waals surface area contributed by atoms with Crippen LogP contribution in [0, 0.1) is 13.8 Å². The number of hydrogen-bond donors (Lipinski definition) is 1. The maximum absolute atomic E-state index is 12.2. The van der Waals surface area contributed by atoms with Gasteiger partial charge < -0.3 is 5.32 Å². The minimum Gasteiger partial charge on any atom is -0.321 e. The molecule has 0 atom stereocenters. The average Bonchev–Trinajstić information content (AvgIpc) is 2.39. The third kappa shape index (κ3) is 3.43. The molecule has 0 heterocycles. The first-order valence-electron chi connectivity index (χ1n) is 5.91. The summed E-state index contributed by atoms with van der Waals surface area (Å²) in [4.78, 5) is 12.2. The van der Waals surface area contributed by atoms with Crippen molar-refractivity contribution in [2.24, 2.45) is 0 Å². The molecule has 104 valence electrons. The molecule has 0 bridgehead atoms. The van der Waals surface area contributed by atoms with Gasteiger partial charge in [0.2, 0.25) is 0 Å². The number of halogens is 3. The lowest BCUT2D eigenvalue weighted by Crippen LogP contribution is -2.12. The molecule has 5 heteroatoms. The van der Waals surface area contributed by atoms with E-state index in [9.17, 15) is 4.79 Å². The Bertz CT molecular complexity index is 686. The molecule has 0 spiro atoms. The van der Waals surface area contributed by atoms with Crippen LogP contribution in [-0.4, -0.2) is 5.91 Å². The first-order valence-corrected chi connectivity index (χ1v) is 7.88. The molecule has 0 aromatic heterocycles. The molecule has 2 aromatic rings. The van der Waals surface area contributed by atoms with Crippen LogP contribution in [-0.2, 0) is 0 Å². The fourth-order valence-electron chi connectivity index (χ4n) is 1.67. The Morgan fingerprint density at radius 2 is 1.75 bits per heavy atom. The van der Waals surface area contributed by atoms with Gasteiger partial charge in [0.1, 0.15) is 0 Å². The quantitative estimate of drug-likeness (QED) is 0.664. The number of anilines is 1. The normalized spacial score (nSPS) is 10.4. The maximum Gasteiger partial charge on any atom is 0.255 e. The van der Waals surface area contributed by atoms with Crippen LogP contribution in [0.1, 0.15) is 21.5 Å². The summed E-state index contributed by atoms with van der Waals surface area (Å²) in [6, 6.07) is 9.11. The van der Waals surface area contributed by atoms with Crippen LogP contribution in [0.15, 0.2) is 39.3 Å². The van der Waals surface area contributed by atoms with Crippen LogP contribution >= 0.6 is 43.5 Å². The van der Waals surface area contributed by atoms with E-state index in [4.69, 9.17) is 11.6 Å². The third-order valence-corrected chi connectivity index (χ3v) is 4.85. The Hall–Kier alpha value is -0.840. The lowest BCUT2D eigenvalue weighted by molar-refractivity contribution is 0.102. The largest absolute Gasteiger partial charge is 0.321 e. The second-order valence-corrected chi connectivity index (χ2v) is 6.62. The van der Waals surface area contributed by atoms with Crippen molar-refractivity contribution in [3.63, 3.8) is 0 Å². The summed E-state index contributed by atoms with van der Waals surface area (Å²) in [5.74, 6) is -0.175. The molecule has 1 N–H and O–H groups in total. The van der Waals surface area contributed by atoms with E-state index in [1.54, 1.807) is 18.2 Å². The summed E-state index contributed by atoms with van der Waals surface area (Å²) in [5.41, 5.74) is 3.28. The molecule has 0 saturated heterocycles. The van der Waals surface area contributed by atoms with Crippen molar-refractivity contribution >= 4 is 55.1 Å². The van der Waals surface area contributed by atoms with Gasteiger partial charge in [-0.15, -0.1) is 0 Å². The lowest BCUT2D eigenvalue weighted by atomic mass is 10.1. The van der Waals surface area contributed by atoms with Gasteiger partial charge in [0.05, 0.1) is 5.69 Å². The van der Waals surface area contributed by atoms with E-state index in [0.717, 1.165) is 20.1 Å². The Morgan fingerprint density at radius 1 is 1.05 bits per heavy atom. The van der Waals surface area contributed by atoms with Crippen molar-refractivity contribution in [1.82, 2.24) is 0 Å². The topological polar surface area (TPSA) is 29.1 Å². The van der Waals surface area contributed by atoms with E-state index in [2.05, 4.69) is 37.2 Å². The molecule has 0 aliphatic rings. The number of amides is 1. The minimum absolute atomic E-state index is 0.175. The van der Waals surface area contributed by atoms with Crippen molar-refractivity contribution in [3.05, 3.63) is 61.0 Å².